The lowest BCUT2D eigenvalue weighted by molar-refractivity contribution is -0.201. The molecule has 2 amide bonds. The maximum absolute atomic E-state index is 11.4. The molecule has 0 aromatic heterocycles. The molecule has 6 nitrogen and oxygen atoms in total. The molecule has 0 aliphatic carbocycles. The van der Waals surface area contributed by atoms with Gasteiger partial charge in [-0.05, 0) is 0 Å². The standard InChI is InChI=1S/C11H17NO5S/c1-4-9(14)12(8(3)13)17-10(15)6-7-18-11(16)5-2/h4-7H2,1-3H3. The Morgan fingerprint density at radius 3 is 2.17 bits per heavy atom. The number of thioether (sulfide) groups is 1. The molecule has 18 heavy (non-hydrogen) atoms. The second-order valence-electron chi connectivity index (χ2n) is 3.35. The van der Waals surface area contributed by atoms with E-state index in [2.05, 4.69) is 4.84 Å². The lowest BCUT2D eigenvalue weighted by Crippen LogP contribution is -2.36. The molecule has 0 bridgehead atoms. The Balaban J connectivity index is 4.15. The van der Waals surface area contributed by atoms with E-state index >= 15 is 0 Å². The van der Waals surface area contributed by atoms with Crippen molar-refractivity contribution in [1.29, 1.82) is 0 Å². The van der Waals surface area contributed by atoms with E-state index in [-0.39, 0.29) is 23.7 Å². The van der Waals surface area contributed by atoms with Crippen molar-refractivity contribution in [3.63, 3.8) is 0 Å². The fourth-order valence-corrected chi connectivity index (χ4v) is 1.63. The highest BCUT2D eigenvalue weighted by atomic mass is 32.2. The normalized spacial score (nSPS) is 9.72. The van der Waals surface area contributed by atoms with Crippen LogP contribution in [0.3, 0.4) is 0 Å². The first-order chi connectivity index (χ1) is 8.42. The zero-order chi connectivity index (χ0) is 14.1. The second kappa shape index (κ2) is 8.68. The van der Waals surface area contributed by atoms with E-state index in [1.54, 1.807) is 13.8 Å². The topological polar surface area (TPSA) is 80.8 Å². The summed E-state index contributed by atoms with van der Waals surface area (Å²) in [5.74, 6) is -1.65. The number of amides is 2. The molecule has 0 aromatic carbocycles. The van der Waals surface area contributed by atoms with Crippen LogP contribution in [0.25, 0.3) is 0 Å². The summed E-state index contributed by atoms with van der Waals surface area (Å²) in [6.45, 7) is 4.42. The summed E-state index contributed by atoms with van der Waals surface area (Å²) in [5.41, 5.74) is 0. The molecular weight excluding hydrogens is 258 g/mol. The molecular formula is C11H17NO5S. The van der Waals surface area contributed by atoms with E-state index in [9.17, 15) is 19.2 Å². The van der Waals surface area contributed by atoms with E-state index in [4.69, 9.17) is 0 Å². The molecule has 0 saturated heterocycles. The van der Waals surface area contributed by atoms with Crippen LogP contribution in [0.15, 0.2) is 0 Å². The van der Waals surface area contributed by atoms with Crippen molar-refractivity contribution in [3.8, 4) is 0 Å². The predicted molar refractivity (Wildman–Crippen MR) is 66.3 cm³/mol. The van der Waals surface area contributed by atoms with Crippen molar-refractivity contribution in [2.45, 2.75) is 40.0 Å². The van der Waals surface area contributed by atoms with Crippen LogP contribution >= 0.6 is 11.8 Å². The molecule has 0 rings (SSSR count). The van der Waals surface area contributed by atoms with E-state index in [1.165, 1.54) is 0 Å². The Kier molecular flexibility index (Phi) is 8.02. The van der Waals surface area contributed by atoms with Crippen molar-refractivity contribution in [3.05, 3.63) is 0 Å². The highest BCUT2D eigenvalue weighted by Crippen LogP contribution is 2.08. The first-order valence-electron chi connectivity index (χ1n) is 5.62. The summed E-state index contributed by atoms with van der Waals surface area (Å²) in [7, 11) is 0. The highest BCUT2D eigenvalue weighted by Gasteiger charge is 2.21. The van der Waals surface area contributed by atoms with Crippen molar-refractivity contribution < 1.29 is 24.0 Å². The zero-order valence-corrected chi connectivity index (χ0v) is 11.5. The molecule has 102 valence electrons. The van der Waals surface area contributed by atoms with Crippen LogP contribution in [-0.4, -0.2) is 33.7 Å². The quantitative estimate of drug-likeness (QED) is 0.703. The Labute approximate surface area is 110 Å². The summed E-state index contributed by atoms with van der Waals surface area (Å²) < 4.78 is 0. The lowest BCUT2D eigenvalue weighted by Gasteiger charge is -2.16. The first kappa shape index (κ1) is 16.6. The van der Waals surface area contributed by atoms with Crippen LogP contribution in [-0.2, 0) is 24.0 Å². The number of carbonyl (C=O) groups is 4. The Morgan fingerprint density at radius 1 is 1.11 bits per heavy atom. The van der Waals surface area contributed by atoms with Crippen molar-refractivity contribution in [1.82, 2.24) is 5.06 Å². The number of hydroxylamine groups is 2. The van der Waals surface area contributed by atoms with Gasteiger partial charge in [0.2, 0.25) is 0 Å². The van der Waals surface area contributed by atoms with Crippen LogP contribution < -0.4 is 0 Å². The summed E-state index contributed by atoms with van der Waals surface area (Å²) in [4.78, 5) is 49.3. The Morgan fingerprint density at radius 2 is 1.72 bits per heavy atom. The molecule has 0 fully saturated rings. The van der Waals surface area contributed by atoms with Crippen molar-refractivity contribution >= 4 is 34.7 Å². The molecule has 0 aromatic rings. The highest BCUT2D eigenvalue weighted by molar-refractivity contribution is 8.13. The second-order valence-corrected chi connectivity index (χ2v) is 4.50. The van der Waals surface area contributed by atoms with Gasteiger partial charge < -0.3 is 4.84 Å². The molecule has 0 saturated carbocycles. The summed E-state index contributed by atoms with van der Waals surface area (Å²) >= 11 is 1.03. The third-order valence-electron chi connectivity index (χ3n) is 1.87. The van der Waals surface area contributed by atoms with Gasteiger partial charge in [-0.3, -0.25) is 14.4 Å². The molecule has 7 heteroatoms. The molecule has 0 unspecified atom stereocenters. The first-order valence-corrected chi connectivity index (χ1v) is 6.60. The third-order valence-corrected chi connectivity index (χ3v) is 2.88. The summed E-state index contributed by atoms with van der Waals surface area (Å²) in [6, 6.07) is 0. The van der Waals surface area contributed by atoms with Crippen molar-refractivity contribution in [2.24, 2.45) is 0 Å². The zero-order valence-electron chi connectivity index (χ0n) is 10.7. The fourth-order valence-electron chi connectivity index (χ4n) is 0.932. The molecule has 0 N–H and O–H groups in total. The van der Waals surface area contributed by atoms with Gasteiger partial charge in [-0.1, -0.05) is 25.6 Å². The number of nitrogens with zero attached hydrogens (tertiary/aromatic N) is 1. The maximum Gasteiger partial charge on any atom is 0.334 e. The van der Waals surface area contributed by atoms with E-state index in [0.717, 1.165) is 18.7 Å². The van der Waals surface area contributed by atoms with Gasteiger partial charge in [0.15, 0.2) is 5.12 Å². The van der Waals surface area contributed by atoms with Gasteiger partial charge in [-0.15, -0.1) is 5.06 Å². The fraction of sp³-hybridized carbons (Fsp3) is 0.636. The van der Waals surface area contributed by atoms with E-state index in [1.807, 2.05) is 0 Å². The molecule has 0 atom stereocenters. The summed E-state index contributed by atoms with van der Waals surface area (Å²) in [5, 5.41) is 0.435. The van der Waals surface area contributed by atoms with E-state index in [0.29, 0.717) is 11.5 Å². The molecule has 0 aliphatic rings. The van der Waals surface area contributed by atoms with Gasteiger partial charge in [0, 0.05) is 25.5 Å². The van der Waals surface area contributed by atoms with Gasteiger partial charge in [-0.25, -0.2) is 4.79 Å². The molecule has 0 radical (unpaired) electrons. The van der Waals surface area contributed by atoms with Crippen LogP contribution in [0, 0.1) is 0 Å². The monoisotopic (exact) mass is 275 g/mol. The maximum atomic E-state index is 11.4. The van der Waals surface area contributed by atoms with Gasteiger partial charge in [0.05, 0.1) is 6.42 Å². The number of imide groups is 1. The Bertz CT molecular complexity index is 342. The summed E-state index contributed by atoms with van der Waals surface area (Å²) in [6.07, 6.45) is 0.431. The van der Waals surface area contributed by atoms with Crippen LogP contribution in [0.2, 0.25) is 0 Å². The number of hydrogen-bond donors (Lipinski definition) is 0. The molecule has 0 spiro atoms. The van der Waals surface area contributed by atoms with Crippen LogP contribution in [0.1, 0.15) is 40.0 Å². The van der Waals surface area contributed by atoms with E-state index < -0.39 is 17.8 Å². The average molecular weight is 275 g/mol. The minimum Gasteiger partial charge on any atom is -0.330 e. The largest absolute Gasteiger partial charge is 0.334 e. The Hall–Kier alpha value is -1.37. The SMILES string of the molecule is CCC(=O)SCCC(=O)ON(C(C)=O)C(=O)CC. The molecule has 0 heterocycles. The number of hydrogen-bond acceptors (Lipinski definition) is 6. The predicted octanol–water partition coefficient (Wildman–Crippen LogP) is 1.29. The number of rotatable bonds is 5. The van der Waals surface area contributed by atoms with Crippen LogP contribution in [0.5, 0.6) is 0 Å². The minimum atomic E-state index is -0.705. The van der Waals surface area contributed by atoms with Gasteiger partial charge >= 0.3 is 5.97 Å². The molecule has 0 aliphatic heterocycles. The average Bonchev–Trinajstić information content (AvgIpc) is 2.34. The van der Waals surface area contributed by atoms with Crippen LogP contribution in [0.4, 0.5) is 0 Å². The minimum absolute atomic E-state index is 0.0177. The van der Waals surface area contributed by atoms with Gasteiger partial charge in [-0.2, -0.15) is 0 Å². The van der Waals surface area contributed by atoms with Gasteiger partial charge in [0.25, 0.3) is 11.8 Å². The smallest absolute Gasteiger partial charge is 0.330 e. The lowest BCUT2D eigenvalue weighted by atomic mass is 10.4. The van der Waals surface area contributed by atoms with Crippen molar-refractivity contribution in [2.75, 3.05) is 5.75 Å². The third kappa shape index (κ3) is 6.39. The number of carbonyl (C=O) groups excluding carboxylic acids is 4. The van der Waals surface area contributed by atoms with Gasteiger partial charge in [0.1, 0.15) is 0 Å².